The summed E-state index contributed by atoms with van der Waals surface area (Å²) in [5, 5.41) is 20.1. The van der Waals surface area contributed by atoms with Crippen LogP contribution in [-0.2, 0) is 0 Å². The summed E-state index contributed by atoms with van der Waals surface area (Å²) in [4.78, 5) is 4.04. The van der Waals surface area contributed by atoms with E-state index in [0.29, 0.717) is 5.92 Å². The molecule has 0 aliphatic heterocycles. The van der Waals surface area contributed by atoms with Gasteiger partial charge in [-0.05, 0) is 24.8 Å². The number of rotatable bonds is 3. The van der Waals surface area contributed by atoms with Crippen LogP contribution >= 0.6 is 0 Å². The molecule has 0 spiro atoms. The standard InChI is InChI=1S/C15H20N2O/c1-2-12-5-3-7-15(9-12,11-16)14(18)13-6-4-8-17-10-13/h4,6,8,10,12,14,18H,2-3,5,7,9H2,1H3. The summed E-state index contributed by atoms with van der Waals surface area (Å²) in [5.41, 5.74) is 0.137. The lowest BCUT2D eigenvalue weighted by molar-refractivity contribution is 0.0183. The third kappa shape index (κ3) is 2.39. The van der Waals surface area contributed by atoms with E-state index < -0.39 is 11.5 Å². The van der Waals surface area contributed by atoms with Crippen LogP contribution in [0.2, 0.25) is 0 Å². The molecule has 1 aliphatic rings. The molecule has 1 aromatic rings. The molecule has 1 saturated carbocycles. The summed E-state index contributed by atoms with van der Waals surface area (Å²) >= 11 is 0. The quantitative estimate of drug-likeness (QED) is 0.888. The Morgan fingerprint density at radius 1 is 1.67 bits per heavy atom. The van der Waals surface area contributed by atoms with E-state index in [4.69, 9.17) is 0 Å². The van der Waals surface area contributed by atoms with Crippen molar-refractivity contribution in [2.75, 3.05) is 0 Å². The summed E-state index contributed by atoms with van der Waals surface area (Å²) in [6, 6.07) is 6.06. The second kappa shape index (κ2) is 5.49. The molecule has 1 heterocycles. The first-order valence-corrected chi connectivity index (χ1v) is 6.71. The van der Waals surface area contributed by atoms with E-state index in [-0.39, 0.29) is 0 Å². The van der Waals surface area contributed by atoms with Gasteiger partial charge in [0.25, 0.3) is 0 Å². The van der Waals surface area contributed by atoms with E-state index in [9.17, 15) is 10.4 Å². The van der Waals surface area contributed by atoms with Gasteiger partial charge in [0.1, 0.15) is 0 Å². The fraction of sp³-hybridized carbons (Fsp3) is 0.600. The molecule has 0 saturated heterocycles. The zero-order valence-corrected chi connectivity index (χ0v) is 10.8. The Morgan fingerprint density at radius 2 is 2.50 bits per heavy atom. The smallest absolute Gasteiger partial charge is 0.0991 e. The Hall–Kier alpha value is -1.40. The summed E-state index contributed by atoms with van der Waals surface area (Å²) in [5.74, 6) is 0.560. The molecule has 0 amide bonds. The monoisotopic (exact) mass is 244 g/mol. The zero-order chi connectivity index (χ0) is 13.0. The molecule has 18 heavy (non-hydrogen) atoms. The average molecular weight is 244 g/mol. The number of nitrogens with zero attached hydrogens (tertiary/aromatic N) is 2. The van der Waals surface area contributed by atoms with Gasteiger partial charge in [-0.2, -0.15) is 5.26 Å². The van der Waals surface area contributed by atoms with Crippen molar-refractivity contribution in [3.63, 3.8) is 0 Å². The molecular formula is C15H20N2O. The van der Waals surface area contributed by atoms with Crippen LogP contribution in [-0.4, -0.2) is 10.1 Å². The van der Waals surface area contributed by atoms with Gasteiger partial charge < -0.3 is 5.11 Å². The maximum Gasteiger partial charge on any atom is 0.0991 e. The molecule has 0 aromatic carbocycles. The SMILES string of the molecule is CCC1CCCC(C#N)(C(O)c2cccnc2)C1. The number of nitriles is 1. The molecule has 3 nitrogen and oxygen atoms in total. The number of aliphatic hydroxyl groups excluding tert-OH is 1. The number of aliphatic hydroxyl groups is 1. The molecule has 1 aromatic heterocycles. The van der Waals surface area contributed by atoms with Crippen molar-refractivity contribution >= 4 is 0 Å². The number of hydrogen-bond donors (Lipinski definition) is 1. The highest BCUT2D eigenvalue weighted by Crippen LogP contribution is 2.48. The molecule has 2 rings (SSSR count). The Morgan fingerprint density at radius 3 is 3.11 bits per heavy atom. The lowest BCUT2D eigenvalue weighted by atomic mass is 9.65. The molecule has 0 radical (unpaired) electrons. The zero-order valence-electron chi connectivity index (χ0n) is 10.8. The van der Waals surface area contributed by atoms with E-state index in [1.54, 1.807) is 12.4 Å². The van der Waals surface area contributed by atoms with Gasteiger partial charge in [0, 0.05) is 18.0 Å². The highest BCUT2D eigenvalue weighted by Gasteiger charge is 2.42. The second-order valence-corrected chi connectivity index (χ2v) is 5.33. The van der Waals surface area contributed by atoms with Crippen LogP contribution in [0.4, 0.5) is 0 Å². The topological polar surface area (TPSA) is 56.9 Å². The Bertz CT molecular complexity index is 426. The Labute approximate surface area is 108 Å². The lowest BCUT2D eigenvalue weighted by Gasteiger charge is -2.38. The third-order valence-electron chi connectivity index (χ3n) is 4.21. The van der Waals surface area contributed by atoms with Crippen LogP contribution in [0.1, 0.15) is 50.7 Å². The fourth-order valence-electron chi connectivity index (χ4n) is 3.04. The van der Waals surface area contributed by atoms with Gasteiger partial charge in [0.15, 0.2) is 0 Å². The maximum atomic E-state index is 10.5. The van der Waals surface area contributed by atoms with Crippen molar-refractivity contribution in [3.05, 3.63) is 30.1 Å². The van der Waals surface area contributed by atoms with Crippen LogP contribution < -0.4 is 0 Å². The minimum atomic E-state index is -0.717. The molecule has 1 fully saturated rings. The van der Waals surface area contributed by atoms with Crippen molar-refractivity contribution in [2.45, 2.75) is 45.1 Å². The molecule has 3 unspecified atom stereocenters. The van der Waals surface area contributed by atoms with Gasteiger partial charge in [0.2, 0.25) is 0 Å². The largest absolute Gasteiger partial charge is 0.387 e. The lowest BCUT2D eigenvalue weighted by Crippen LogP contribution is -2.33. The minimum absolute atomic E-state index is 0.560. The van der Waals surface area contributed by atoms with Crippen LogP contribution in [0, 0.1) is 22.7 Å². The highest BCUT2D eigenvalue weighted by molar-refractivity contribution is 5.20. The van der Waals surface area contributed by atoms with Gasteiger partial charge >= 0.3 is 0 Å². The summed E-state index contributed by atoms with van der Waals surface area (Å²) in [7, 11) is 0. The van der Waals surface area contributed by atoms with Gasteiger partial charge in [-0.3, -0.25) is 4.98 Å². The van der Waals surface area contributed by atoms with Crippen LogP contribution in [0.3, 0.4) is 0 Å². The van der Waals surface area contributed by atoms with Gasteiger partial charge in [-0.25, -0.2) is 0 Å². The van der Waals surface area contributed by atoms with Gasteiger partial charge in [0.05, 0.1) is 17.6 Å². The Kier molecular flexibility index (Phi) is 3.98. The van der Waals surface area contributed by atoms with Crippen molar-refractivity contribution in [3.8, 4) is 6.07 Å². The van der Waals surface area contributed by atoms with E-state index >= 15 is 0 Å². The first kappa shape index (κ1) is 13.0. The van der Waals surface area contributed by atoms with Crippen LogP contribution in [0.15, 0.2) is 24.5 Å². The second-order valence-electron chi connectivity index (χ2n) is 5.33. The summed E-state index contributed by atoms with van der Waals surface area (Å²) < 4.78 is 0. The normalized spacial score (nSPS) is 29.5. The number of hydrogen-bond acceptors (Lipinski definition) is 3. The molecule has 0 bridgehead atoms. The molecule has 96 valence electrons. The van der Waals surface area contributed by atoms with E-state index in [0.717, 1.165) is 31.2 Å². The van der Waals surface area contributed by atoms with Crippen LogP contribution in [0.5, 0.6) is 0 Å². The van der Waals surface area contributed by atoms with Crippen molar-refractivity contribution in [1.29, 1.82) is 5.26 Å². The highest BCUT2D eigenvalue weighted by atomic mass is 16.3. The van der Waals surface area contributed by atoms with E-state index in [1.807, 2.05) is 12.1 Å². The number of aromatic nitrogens is 1. The summed E-state index contributed by atoms with van der Waals surface area (Å²) in [6.07, 6.45) is 7.52. The predicted octanol–water partition coefficient (Wildman–Crippen LogP) is 3.23. The van der Waals surface area contributed by atoms with Gasteiger partial charge in [-0.1, -0.05) is 32.3 Å². The third-order valence-corrected chi connectivity index (χ3v) is 4.21. The minimum Gasteiger partial charge on any atom is -0.387 e. The van der Waals surface area contributed by atoms with Crippen LogP contribution in [0.25, 0.3) is 0 Å². The predicted molar refractivity (Wildman–Crippen MR) is 69.5 cm³/mol. The molecule has 1 aliphatic carbocycles. The number of pyridine rings is 1. The van der Waals surface area contributed by atoms with E-state index in [2.05, 4.69) is 18.0 Å². The fourth-order valence-corrected chi connectivity index (χ4v) is 3.04. The molecular weight excluding hydrogens is 224 g/mol. The molecule has 1 N–H and O–H groups in total. The van der Waals surface area contributed by atoms with Crippen molar-refractivity contribution in [2.24, 2.45) is 11.3 Å². The van der Waals surface area contributed by atoms with Crippen molar-refractivity contribution < 1.29 is 5.11 Å². The maximum absolute atomic E-state index is 10.5. The molecule has 3 atom stereocenters. The Balaban J connectivity index is 2.25. The van der Waals surface area contributed by atoms with E-state index in [1.165, 1.54) is 6.42 Å². The van der Waals surface area contributed by atoms with Crippen molar-refractivity contribution in [1.82, 2.24) is 4.98 Å². The first-order valence-electron chi connectivity index (χ1n) is 6.71. The molecule has 3 heteroatoms. The first-order chi connectivity index (χ1) is 8.72. The average Bonchev–Trinajstić information content (AvgIpc) is 2.47. The summed E-state index contributed by atoms with van der Waals surface area (Å²) in [6.45, 7) is 2.16. The van der Waals surface area contributed by atoms with Gasteiger partial charge in [-0.15, -0.1) is 0 Å².